The molecule has 7 nitrogen and oxygen atoms in total. The standard InChI is InChI=1S/C19H18ClN3O4/c1-3-27-18(25)16-17(24)22-14-6-4-5-7-15(14)23(16)19(26)21-12-9-8-11(2)13(20)10-12/h4-10,16H,3H2,1-2H3,(H,21,26)(H,22,24). The van der Waals surface area contributed by atoms with Gasteiger partial charge in [0.25, 0.3) is 5.91 Å². The van der Waals surface area contributed by atoms with Gasteiger partial charge in [0, 0.05) is 10.7 Å². The zero-order valence-corrected chi connectivity index (χ0v) is 15.5. The molecule has 0 radical (unpaired) electrons. The molecule has 1 heterocycles. The number of halogens is 1. The Bertz CT molecular complexity index is 916. The van der Waals surface area contributed by atoms with Crippen molar-refractivity contribution in [1.29, 1.82) is 0 Å². The average Bonchev–Trinajstić information content (AvgIpc) is 2.63. The number of benzene rings is 2. The van der Waals surface area contributed by atoms with Gasteiger partial charge in [0.05, 0.1) is 18.0 Å². The summed E-state index contributed by atoms with van der Waals surface area (Å²) in [5.74, 6) is -1.44. The van der Waals surface area contributed by atoms with Crippen LogP contribution < -0.4 is 15.5 Å². The molecular formula is C19H18ClN3O4. The number of carbonyl (C=O) groups excluding carboxylic acids is 3. The summed E-state index contributed by atoms with van der Waals surface area (Å²) in [4.78, 5) is 38.9. The van der Waals surface area contributed by atoms with E-state index >= 15 is 0 Å². The van der Waals surface area contributed by atoms with Crippen molar-refractivity contribution in [1.82, 2.24) is 0 Å². The number of nitrogens with zero attached hydrogens (tertiary/aromatic N) is 1. The Morgan fingerprint density at radius 1 is 1.26 bits per heavy atom. The van der Waals surface area contributed by atoms with Crippen molar-refractivity contribution < 1.29 is 19.1 Å². The molecule has 1 unspecified atom stereocenters. The zero-order chi connectivity index (χ0) is 19.6. The largest absolute Gasteiger partial charge is 0.464 e. The van der Waals surface area contributed by atoms with Crippen LogP contribution >= 0.6 is 11.6 Å². The molecule has 3 amide bonds. The summed E-state index contributed by atoms with van der Waals surface area (Å²) in [6.07, 6.45) is 0. The van der Waals surface area contributed by atoms with Crippen LogP contribution in [0.1, 0.15) is 12.5 Å². The van der Waals surface area contributed by atoms with E-state index < -0.39 is 23.9 Å². The Labute approximate surface area is 161 Å². The first-order valence-electron chi connectivity index (χ1n) is 8.35. The molecule has 0 fully saturated rings. The van der Waals surface area contributed by atoms with Gasteiger partial charge in [0.2, 0.25) is 6.04 Å². The van der Waals surface area contributed by atoms with Crippen molar-refractivity contribution >= 4 is 46.6 Å². The number of para-hydroxylation sites is 2. The van der Waals surface area contributed by atoms with Gasteiger partial charge < -0.3 is 15.4 Å². The molecule has 0 aromatic heterocycles. The summed E-state index contributed by atoms with van der Waals surface area (Å²) < 4.78 is 4.99. The second-order valence-electron chi connectivity index (χ2n) is 5.93. The molecule has 8 heteroatoms. The van der Waals surface area contributed by atoms with Crippen molar-refractivity contribution in [3.63, 3.8) is 0 Å². The number of anilines is 3. The second kappa shape index (κ2) is 7.67. The van der Waals surface area contributed by atoms with E-state index in [0.717, 1.165) is 10.5 Å². The number of hydrogen-bond acceptors (Lipinski definition) is 4. The van der Waals surface area contributed by atoms with Crippen LogP contribution in [-0.2, 0) is 14.3 Å². The fourth-order valence-electron chi connectivity index (χ4n) is 2.76. The third-order valence-corrected chi connectivity index (χ3v) is 4.49. The van der Waals surface area contributed by atoms with Crippen molar-refractivity contribution in [3.8, 4) is 0 Å². The first-order chi connectivity index (χ1) is 12.9. The van der Waals surface area contributed by atoms with Gasteiger partial charge >= 0.3 is 12.0 Å². The lowest BCUT2D eigenvalue weighted by Crippen LogP contribution is -2.56. The number of hydrogen-bond donors (Lipinski definition) is 2. The van der Waals surface area contributed by atoms with E-state index in [1.807, 2.05) is 6.92 Å². The molecule has 2 aromatic rings. The summed E-state index contributed by atoms with van der Waals surface area (Å²) in [5, 5.41) is 5.81. The number of urea groups is 1. The highest BCUT2D eigenvalue weighted by Crippen LogP contribution is 2.33. The predicted octanol–water partition coefficient (Wildman–Crippen LogP) is 3.57. The third kappa shape index (κ3) is 3.73. The van der Waals surface area contributed by atoms with Gasteiger partial charge in [-0.2, -0.15) is 0 Å². The summed E-state index contributed by atoms with van der Waals surface area (Å²) >= 11 is 6.10. The van der Waals surface area contributed by atoms with Crippen molar-refractivity contribution in [2.45, 2.75) is 19.9 Å². The number of ether oxygens (including phenoxy) is 1. The second-order valence-corrected chi connectivity index (χ2v) is 6.33. The highest BCUT2D eigenvalue weighted by Gasteiger charge is 2.42. The molecule has 2 N–H and O–H groups in total. The van der Waals surface area contributed by atoms with Gasteiger partial charge in [-0.05, 0) is 43.7 Å². The smallest absolute Gasteiger partial charge is 0.339 e. The molecule has 27 heavy (non-hydrogen) atoms. The van der Waals surface area contributed by atoms with Crippen LogP contribution in [0.3, 0.4) is 0 Å². The van der Waals surface area contributed by atoms with Crippen molar-refractivity contribution in [2.24, 2.45) is 0 Å². The maximum absolute atomic E-state index is 13.0. The maximum atomic E-state index is 13.0. The number of esters is 1. The molecule has 1 atom stereocenters. The van der Waals surface area contributed by atoms with E-state index in [1.54, 1.807) is 49.4 Å². The average molecular weight is 388 g/mol. The minimum atomic E-state index is -1.43. The van der Waals surface area contributed by atoms with Crippen LogP contribution in [0.4, 0.5) is 21.9 Å². The number of aryl methyl sites for hydroxylation is 1. The number of fused-ring (bicyclic) bond motifs is 1. The maximum Gasteiger partial charge on any atom is 0.339 e. The first kappa shape index (κ1) is 18.7. The lowest BCUT2D eigenvalue weighted by Gasteiger charge is -2.34. The van der Waals surface area contributed by atoms with Gasteiger partial charge in [-0.25, -0.2) is 9.59 Å². The highest BCUT2D eigenvalue weighted by molar-refractivity contribution is 6.31. The SMILES string of the molecule is CCOC(=O)C1C(=O)Nc2ccccc2N1C(=O)Nc1ccc(C)c(Cl)c1. The molecule has 140 valence electrons. The number of carbonyl (C=O) groups is 3. The minimum absolute atomic E-state index is 0.0906. The van der Waals surface area contributed by atoms with E-state index in [1.165, 1.54) is 0 Å². The zero-order valence-electron chi connectivity index (χ0n) is 14.8. The van der Waals surface area contributed by atoms with Gasteiger partial charge in [0.1, 0.15) is 0 Å². The van der Waals surface area contributed by atoms with Crippen molar-refractivity contribution in [3.05, 3.63) is 53.1 Å². The number of nitrogens with one attached hydrogen (secondary N) is 2. The molecule has 1 aliphatic heterocycles. The molecule has 2 aromatic carbocycles. The van der Waals surface area contributed by atoms with Crippen LogP contribution in [0.25, 0.3) is 0 Å². The molecule has 0 saturated carbocycles. The summed E-state index contributed by atoms with van der Waals surface area (Å²) in [6.45, 7) is 3.56. The lowest BCUT2D eigenvalue weighted by atomic mass is 10.1. The topological polar surface area (TPSA) is 87.7 Å². The van der Waals surface area contributed by atoms with Crippen LogP contribution in [0.15, 0.2) is 42.5 Å². The third-order valence-electron chi connectivity index (χ3n) is 4.08. The van der Waals surface area contributed by atoms with Crippen molar-refractivity contribution in [2.75, 3.05) is 22.1 Å². The monoisotopic (exact) mass is 387 g/mol. The Hall–Kier alpha value is -3.06. The summed E-state index contributed by atoms with van der Waals surface area (Å²) in [6, 6.07) is 9.70. The molecule has 1 aliphatic rings. The molecule has 0 bridgehead atoms. The minimum Gasteiger partial charge on any atom is -0.464 e. The molecule has 0 aliphatic carbocycles. The van der Waals surface area contributed by atoms with Gasteiger partial charge in [0.15, 0.2) is 0 Å². The van der Waals surface area contributed by atoms with Gasteiger partial charge in [-0.15, -0.1) is 0 Å². The Balaban J connectivity index is 1.98. The highest BCUT2D eigenvalue weighted by atomic mass is 35.5. The van der Waals surface area contributed by atoms with Gasteiger partial charge in [-0.3, -0.25) is 9.69 Å². The quantitative estimate of drug-likeness (QED) is 0.622. The van der Waals surface area contributed by atoms with Gasteiger partial charge in [-0.1, -0.05) is 29.8 Å². The van der Waals surface area contributed by atoms with E-state index in [-0.39, 0.29) is 6.61 Å². The fraction of sp³-hybridized carbons (Fsp3) is 0.211. The predicted molar refractivity (Wildman–Crippen MR) is 103 cm³/mol. The lowest BCUT2D eigenvalue weighted by molar-refractivity contribution is -0.147. The number of rotatable bonds is 3. The van der Waals surface area contributed by atoms with Crippen LogP contribution in [0.2, 0.25) is 5.02 Å². The molecule has 0 spiro atoms. The molecular weight excluding hydrogens is 370 g/mol. The Morgan fingerprint density at radius 3 is 2.70 bits per heavy atom. The fourth-order valence-corrected chi connectivity index (χ4v) is 2.94. The van der Waals surface area contributed by atoms with Crippen LogP contribution in [0.5, 0.6) is 0 Å². The Kier molecular flexibility index (Phi) is 5.32. The first-order valence-corrected chi connectivity index (χ1v) is 8.73. The van der Waals surface area contributed by atoms with E-state index in [9.17, 15) is 14.4 Å². The molecule has 3 rings (SSSR count). The van der Waals surface area contributed by atoms with E-state index in [0.29, 0.717) is 22.1 Å². The molecule has 0 saturated heterocycles. The normalized spacial score (nSPS) is 15.6. The van der Waals surface area contributed by atoms with Crippen LogP contribution in [0, 0.1) is 6.92 Å². The Morgan fingerprint density at radius 2 is 2.00 bits per heavy atom. The number of amides is 3. The summed E-state index contributed by atoms with van der Waals surface area (Å²) in [7, 11) is 0. The van der Waals surface area contributed by atoms with Crippen LogP contribution in [-0.4, -0.2) is 30.6 Å². The summed E-state index contributed by atoms with van der Waals surface area (Å²) in [5.41, 5.74) is 2.13. The van der Waals surface area contributed by atoms with E-state index in [2.05, 4.69) is 10.6 Å². The van der Waals surface area contributed by atoms with E-state index in [4.69, 9.17) is 16.3 Å².